The molecular formula is C23H15BrO2. The van der Waals surface area contributed by atoms with Crippen LogP contribution in [0.3, 0.4) is 0 Å². The van der Waals surface area contributed by atoms with Crippen molar-refractivity contribution in [3.05, 3.63) is 106 Å². The number of para-hydroxylation sites is 1. The molecule has 0 radical (unpaired) electrons. The molecular weight excluding hydrogens is 388 g/mol. The lowest BCUT2D eigenvalue weighted by atomic mass is 10.0. The minimum atomic E-state index is -0.351. The third kappa shape index (κ3) is 3.39. The molecule has 0 heterocycles. The van der Waals surface area contributed by atoms with Crippen molar-refractivity contribution in [3.8, 4) is 5.75 Å². The Morgan fingerprint density at radius 1 is 0.846 bits per heavy atom. The summed E-state index contributed by atoms with van der Waals surface area (Å²) < 4.78 is 6.51. The average molecular weight is 403 g/mol. The van der Waals surface area contributed by atoms with Crippen LogP contribution in [-0.2, 0) is 4.79 Å². The van der Waals surface area contributed by atoms with Gasteiger partial charge in [-0.2, -0.15) is 0 Å². The van der Waals surface area contributed by atoms with Gasteiger partial charge in [0.2, 0.25) is 0 Å². The van der Waals surface area contributed by atoms with E-state index in [1.165, 1.54) is 0 Å². The van der Waals surface area contributed by atoms with Crippen molar-refractivity contribution in [3.63, 3.8) is 0 Å². The molecule has 3 aromatic carbocycles. The maximum atomic E-state index is 12.7. The summed E-state index contributed by atoms with van der Waals surface area (Å²) in [6.07, 6.45) is 3.98. The van der Waals surface area contributed by atoms with Gasteiger partial charge in [0.25, 0.3) is 0 Å². The van der Waals surface area contributed by atoms with Gasteiger partial charge in [0.05, 0.1) is 5.57 Å². The average Bonchev–Trinajstić information content (AvgIpc) is 3.01. The molecule has 3 heteroatoms. The highest BCUT2D eigenvalue weighted by Crippen LogP contribution is 2.38. The predicted octanol–water partition coefficient (Wildman–Crippen LogP) is 5.99. The fourth-order valence-electron chi connectivity index (χ4n) is 2.97. The molecule has 0 atom stereocenters. The van der Waals surface area contributed by atoms with Crippen LogP contribution in [0.25, 0.3) is 17.2 Å². The van der Waals surface area contributed by atoms with E-state index >= 15 is 0 Å². The van der Waals surface area contributed by atoms with Gasteiger partial charge in [-0.25, -0.2) is 4.79 Å². The zero-order chi connectivity index (χ0) is 17.9. The molecule has 0 unspecified atom stereocenters. The lowest BCUT2D eigenvalue weighted by molar-refractivity contribution is -0.127. The van der Waals surface area contributed by atoms with Crippen molar-refractivity contribution in [2.75, 3.05) is 0 Å². The molecule has 0 bridgehead atoms. The summed E-state index contributed by atoms with van der Waals surface area (Å²) in [5, 5.41) is 0. The van der Waals surface area contributed by atoms with Crippen molar-refractivity contribution >= 4 is 39.1 Å². The van der Waals surface area contributed by atoms with Gasteiger partial charge in [0.15, 0.2) is 0 Å². The Labute approximate surface area is 160 Å². The molecule has 0 fully saturated rings. The van der Waals surface area contributed by atoms with Crippen molar-refractivity contribution in [1.82, 2.24) is 0 Å². The Balaban J connectivity index is 1.74. The van der Waals surface area contributed by atoms with Crippen LogP contribution in [0.2, 0.25) is 0 Å². The van der Waals surface area contributed by atoms with E-state index in [0.717, 1.165) is 26.7 Å². The number of hydrogen-bond donors (Lipinski definition) is 0. The summed E-state index contributed by atoms with van der Waals surface area (Å²) in [7, 11) is 0. The molecule has 3 aromatic rings. The van der Waals surface area contributed by atoms with Crippen LogP contribution in [-0.4, -0.2) is 5.97 Å². The van der Waals surface area contributed by atoms with Crippen LogP contribution in [0.4, 0.5) is 0 Å². The Kier molecular flexibility index (Phi) is 4.55. The summed E-state index contributed by atoms with van der Waals surface area (Å²) in [4.78, 5) is 12.7. The molecule has 4 rings (SSSR count). The topological polar surface area (TPSA) is 26.3 Å². The molecule has 0 aromatic heterocycles. The van der Waals surface area contributed by atoms with Crippen molar-refractivity contribution in [1.29, 1.82) is 0 Å². The van der Waals surface area contributed by atoms with Gasteiger partial charge >= 0.3 is 5.97 Å². The zero-order valence-electron chi connectivity index (χ0n) is 13.9. The number of fused-ring (bicyclic) bond motifs is 1. The first kappa shape index (κ1) is 16.6. The third-order valence-corrected chi connectivity index (χ3v) is 4.67. The second kappa shape index (κ2) is 7.14. The zero-order valence-corrected chi connectivity index (χ0v) is 15.4. The number of rotatable bonds is 3. The molecule has 0 amide bonds. The number of halogens is 1. The largest absolute Gasteiger partial charge is 0.423 e. The first-order valence-electron chi connectivity index (χ1n) is 8.27. The number of esters is 1. The van der Waals surface area contributed by atoms with E-state index in [1.54, 1.807) is 12.1 Å². The van der Waals surface area contributed by atoms with Crippen molar-refractivity contribution in [2.45, 2.75) is 0 Å². The number of benzene rings is 3. The summed E-state index contributed by atoms with van der Waals surface area (Å²) in [5.41, 5.74) is 4.55. The fourth-order valence-corrected chi connectivity index (χ4v) is 3.33. The third-order valence-electron chi connectivity index (χ3n) is 4.18. The van der Waals surface area contributed by atoms with E-state index in [2.05, 4.69) is 22.0 Å². The normalized spacial score (nSPS) is 14.0. The smallest absolute Gasteiger partial charge is 0.344 e. The Morgan fingerprint density at radius 3 is 2.27 bits per heavy atom. The Morgan fingerprint density at radius 2 is 1.54 bits per heavy atom. The minimum absolute atomic E-state index is 0.351. The quantitative estimate of drug-likeness (QED) is 0.397. The van der Waals surface area contributed by atoms with Crippen LogP contribution in [0, 0.1) is 0 Å². The van der Waals surface area contributed by atoms with E-state index in [1.807, 2.05) is 72.8 Å². The molecule has 0 saturated carbocycles. The molecule has 1 aliphatic rings. The van der Waals surface area contributed by atoms with Crippen LogP contribution < -0.4 is 4.74 Å². The first-order valence-corrected chi connectivity index (χ1v) is 9.06. The van der Waals surface area contributed by atoms with E-state index in [9.17, 15) is 4.79 Å². The number of allylic oxidation sites excluding steroid dienone is 2. The number of hydrogen-bond acceptors (Lipinski definition) is 2. The molecule has 0 spiro atoms. The van der Waals surface area contributed by atoms with E-state index in [0.29, 0.717) is 11.3 Å². The van der Waals surface area contributed by atoms with E-state index in [4.69, 9.17) is 4.74 Å². The van der Waals surface area contributed by atoms with Gasteiger partial charge in [-0.1, -0.05) is 70.5 Å². The predicted molar refractivity (Wildman–Crippen MR) is 109 cm³/mol. The van der Waals surface area contributed by atoms with Crippen LogP contribution in [0.5, 0.6) is 5.75 Å². The maximum Gasteiger partial charge on any atom is 0.344 e. The van der Waals surface area contributed by atoms with Crippen LogP contribution in [0.15, 0.2) is 89.4 Å². The maximum absolute atomic E-state index is 12.7. The van der Waals surface area contributed by atoms with Crippen molar-refractivity contribution < 1.29 is 9.53 Å². The number of carbonyl (C=O) groups excluding carboxylic acids is 1. The molecule has 0 saturated heterocycles. The highest BCUT2D eigenvalue weighted by molar-refractivity contribution is 9.10. The highest BCUT2D eigenvalue weighted by atomic mass is 79.9. The summed E-state index contributed by atoms with van der Waals surface area (Å²) >= 11 is 3.52. The van der Waals surface area contributed by atoms with Crippen LogP contribution in [0.1, 0.15) is 16.7 Å². The van der Waals surface area contributed by atoms with Gasteiger partial charge in [-0.3, -0.25) is 0 Å². The first-order chi connectivity index (χ1) is 12.7. The molecule has 0 aliphatic heterocycles. The van der Waals surface area contributed by atoms with Crippen LogP contribution >= 0.6 is 15.9 Å². The van der Waals surface area contributed by atoms with Gasteiger partial charge in [0, 0.05) is 4.47 Å². The van der Waals surface area contributed by atoms with E-state index in [-0.39, 0.29) is 5.97 Å². The van der Waals surface area contributed by atoms with Gasteiger partial charge < -0.3 is 4.74 Å². The Hall–Kier alpha value is -2.91. The molecule has 126 valence electrons. The Bertz CT molecular complexity index is 1020. The standard InChI is InChI=1S/C23H15BrO2/c24-18-11-12-20-21(15-18)17(13-16-7-3-1-4-8-16)14-22(20)23(25)26-19-9-5-2-6-10-19/h1-15H/b17-13+. The molecule has 1 aliphatic carbocycles. The molecule has 26 heavy (non-hydrogen) atoms. The minimum Gasteiger partial charge on any atom is -0.423 e. The summed E-state index contributed by atoms with van der Waals surface area (Å²) in [6.45, 7) is 0. The summed E-state index contributed by atoms with van der Waals surface area (Å²) in [6, 6.07) is 25.1. The highest BCUT2D eigenvalue weighted by Gasteiger charge is 2.25. The number of ether oxygens (including phenoxy) is 1. The second-order valence-electron chi connectivity index (χ2n) is 5.96. The second-order valence-corrected chi connectivity index (χ2v) is 6.88. The lowest BCUT2D eigenvalue weighted by Gasteiger charge is -2.07. The SMILES string of the molecule is O=C(Oc1ccccc1)C1=C/C(=C\c2ccccc2)c2cc(Br)ccc21. The van der Waals surface area contributed by atoms with Gasteiger partial charge in [-0.05, 0) is 58.7 Å². The fraction of sp³-hybridized carbons (Fsp3) is 0. The lowest BCUT2D eigenvalue weighted by Crippen LogP contribution is -2.09. The van der Waals surface area contributed by atoms with Crippen molar-refractivity contribution in [2.24, 2.45) is 0 Å². The van der Waals surface area contributed by atoms with E-state index < -0.39 is 0 Å². The molecule has 2 nitrogen and oxygen atoms in total. The summed E-state index contributed by atoms with van der Waals surface area (Å²) in [5.74, 6) is 0.189. The number of carbonyl (C=O) groups is 1. The van der Waals surface area contributed by atoms with Gasteiger partial charge in [-0.15, -0.1) is 0 Å². The van der Waals surface area contributed by atoms with Gasteiger partial charge in [0.1, 0.15) is 5.75 Å². The molecule has 0 N–H and O–H groups in total. The monoisotopic (exact) mass is 402 g/mol.